The standard InChI is InChI=1S/C29H44N2O5/c1-6-17(2)26(27(34)35)30-25(33)16-36-31-20-11-13-28(4)19(15-20)7-8-21-23-10-9-22(18(3)32)29(23,5)14-12-24(21)28/h15,17,21-24,26H,6-14,16H2,1-5H3,(H,30,33)(H,34,35)/t17?,21-,22?,23-,24-,26?,28-,29+/m0/s1. The fraction of sp³-hybridized carbons (Fsp3) is 0.793. The number of carboxylic acid groups (broad SMARTS) is 1. The highest BCUT2D eigenvalue weighted by atomic mass is 16.6. The highest BCUT2D eigenvalue weighted by molar-refractivity contribution is 5.96. The van der Waals surface area contributed by atoms with Gasteiger partial charge in [0, 0.05) is 5.92 Å². The summed E-state index contributed by atoms with van der Waals surface area (Å²) in [6.45, 7) is 10.0. The second kappa shape index (κ2) is 10.3. The van der Waals surface area contributed by atoms with E-state index in [9.17, 15) is 19.5 Å². The van der Waals surface area contributed by atoms with Crippen molar-refractivity contribution < 1.29 is 24.3 Å². The van der Waals surface area contributed by atoms with Gasteiger partial charge in [-0.2, -0.15) is 0 Å². The van der Waals surface area contributed by atoms with Gasteiger partial charge in [0.05, 0.1) is 5.71 Å². The lowest BCUT2D eigenvalue weighted by Gasteiger charge is -2.58. The number of hydrogen-bond acceptors (Lipinski definition) is 5. The Morgan fingerprint density at radius 3 is 2.56 bits per heavy atom. The van der Waals surface area contributed by atoms with Crippen LogP contribution in [0.2, 0.25) is 0 Å². The van der Waals surface area contributed by atoms with Crippen molar-refractivity contribution in [2.75, 3.05) is 6.61 Å². The normalized spacial score (nSPS) is 38.1. The van der Waals surface area contributed by atoms with E-state index in [0.29, 0.717) is 30.0 Å². The summed E-state index contributed by atoms with van der Waals surface area (Å²) in [6.07, 6.45) is 11.5. The van der Waals surface area contributed by atoms with Gasteiger partial charge in [0.15, 0.2) is 6.61 Å². The molecule has 0 aromatic rings. The molecule has 7 heteroatoms. The molecule has 0 radical (unpaired) electrons. The van der Waals surface area contributed by atoms with Gasteiger partial charge in [0.2, 0.25) is 0 Å². The molecule has 3 saturated carbocycles. The van der Waals surface area contributed by atoms with Crippen LogP contribution in [-0.4, -0.2) is 41.1 Å². The van der Waals surface area contributed by atoms with Crippen LogP contribution in [0.25, 0.3) is 0 Å². The highest BCUT2D eigenvalue weighted by Crippen LogP contribution is 2.66. The van der Waals surface area contributed by atoms with Crippen LogP contribution in [-0.2, 0) is 19.2 Å². The molecule has 0 spiro atoms. The number of fused-ring (bicyclic) bond motifs is 5. The molecule has 0 aromatic carbocycles. The Morgan fingerprint density at radius 2 is 1.89 bits per heavy atom. The van der Waals surface area contributed by atoms with E-state index in [1.165, 1.54) is 24.8 Å². The van der Waals surface area contributed by atoms with E-state index >= 15 is 0 Å². The average Bonchev–Trinajstić information content (AvgIpc) is 3.19. The number of amides is 1. The molecule has 8 atom stereocenters. The Balaban J connectivity index is 1.39. The number of ketones is 1. The Kier molecular flexibility index (Phi) is 7.68. The summed E-state index contributed by atoms with van der Waals surface area (Å²) in [4.78, 5) is 41.4. The Morgan fingerprint density at radius 1 is 1.14 bits per heavy atom. The van der Waals surface area contributed by atoms with E-state index in [-0.39, 0.29) is 29.3 Å². The lowest BCUT2D eigenvalue weighted by molar-refractivity contribution is -0.144. The van der Waals surface area contributed by atoms with Crippen molar-refractivity contribution in [3.63, 3.8) is 0 Å². The van der Waals surface area contributed by atoms with Crippen LogP contribution in [0.4, 0.5) is 0 Å². The first-order valence-electron chi connectivity index (χ1n) is 13.9. The number of aliphatic carboxylic acids is 1. The summed E-state index contributed by atoms with van der Waals surface area (Å²) >= 11 is 0. The van der Waals surface area contributed by atoms with E-state index in [0.717, 1.165) is 37.8 Å². The number of rotatable bonds is 8. The van der Waals surface area contributed by atoms with E-state index in [1.54, 1.807) is 13.8 Å². The van der Waals surface area contributed by atoms with Crippen molar-refractivity contribution >= 4 is 23.4 Å². The molecule has 1 amide bonds. The van der Waals surface area contributed by atoms with Gasteiger partial charge in [-0.3, -0.25) is 9.59 Å². The lowest BCUT2D eigenvalue weighted by atomic mass is 9.46. The average molecular weight is 501 g/mol. The predicted molar refractivity (Wildman–Crippen MR) is 138 cm³/mol. The van der Waals surface area contributed by atoms with Crippen molar-refractivity contribution in [3.8, 4) is 0 Å². The van der Waals surface area contributed by atoms with Crippen LogP contribution in [0.5, 0.6) is 0 Å². The van der Waals surface area contributed by atoms with E-state index in [2.05, 4.69) is 30.4 Å². The molecular formula is C29H44N2O5. The van der Waals surface area contributed by atoms with Gasteiger partial charge >= 0.3 is 5.97 Å². The number of nitrogens with one attached hydrogen (secondary N) is 1. The number of Topliss-reactive ketones (excluding diaryl/α,β-unsaturated/α-hetero) is 1. The van der Waals surface area contributed by atoms with Crippen molar-refractivity contribution in [1.29, 1.82) is 0 Å². The zero-order valence-corrected chi connectivity index (χ0v) is 22.6. The highest BCUT2D eigenvalue weighted by Gasteiger charge is 2.59. The van der Waals surface area contributed by atoms with E-state index in [4.69, 9.17) is 4.84 Å². The van der Waals surface area contributed by atoms with Crippen LogP contribution in [0.3, 0.4) is 0 Å². The van der Waals surface area contributed by atoms with Gasteiger partial charge in [0.1, 0.15) is 11.8 Å². The van der Waals surface area contributed by atoms with Gasteiger partial charge in [-0.1, -0.05) is 44.8 Å². The minimum Gasteiger partial charge on any atom is -0.480 e. The molecule has 0 aromatic heterocycles. The van der Waals surface area contributed by atoms with Gasteiger partial charge in [-0.15, -0.1) is 0 Å². The molecule has 0 bridgehead atoms. The second-order valence-electron chi connectivity index (χ2n) is 12.4. The Bertz CT molecular complexity index is 957. The van der Waals surface area contributed by atoms with Crippen molar-refractivity contribution in [1.82, 2.24) is 5.32 Å². The quantitative estimate of drug-likeness (QED) is 0.449. The topological polar surface area (TPSA) is 105 Å². The molecule has 36 heavy (non-hydrogen) atoms. The molecule has 0 saturated heterocycles. The molecule has 3 fully saturated rings. The van der Waals surface area contributed by atoms with Crippen LogP contribution in [0.15, 0.2) is 16.8 Å². The molecule has 4 aliphatic rings. The first kappa shape index (κ1) is 26.9. The number of hydrogen-bond donors (Lipinski definition) is 2. The van der Waals surface area contributed by atoms with Crippen LogP contribution < -0.4 is 5.32 Å². The van der Waals surface area contributed by atoms with E-state index in [1.807, 2.05) is 6.92 Å². The van der Waals surface area contributed by atoms with Crippen LogP contribution >= 0.6 is 0 Å². The van der Waals surface area contributed by atoms with E-state index < -0.39 is 17.9 Å². The Labute approximate surface area is 215 Å². The minimum atomic E-state index is -1.03. The fourth-order valence-corrected chi connectivity index (χ4v) is 8.38. The third kappa shape index (κ3) is 4.74. The predicted octanol–water partition coefficient (Wildman–Crippen LogP) is 5.14. The molecule has 0 heterocycles. The second-order valence-corrected chi connectivity index (χ2v) is 12.4. The van der Waals surface area contributed by atoms with Crippen molar-refractivity contribution in [2.45, 2.75) is 98.4 Å². The first-order chi connectivity index (χ1) is 17.0. The first-order valence-corrected chi connectivity index (χ1v) is 13.9. The maximum Gasteiger partial charge on any atom is 0.326 e. The molecular weight excluding hydrogens is 456 g/mol. The van der Waals surface area contributed by atoms with Gasteiger partial charge < -0.3 is 15.3 Å². The fourth-order valence-electron chi connectivity index (χ4n) is 8.38. The minimum absolute atomic E-state index is 0.163. The molecule has 0 aliphatic heterocycles. The maximum atomic E-state index is 12.4. The summed E-state index contributed by atoms with van der Waals surface area (Å²) in [5.41, 5.74) is 2.66. The molecule has 4 aliphatic carbocycles. The number of carboxylic acids is 1. The van der Waals surface area contributed by atoms with Crippen molar-refractivity contribution in [3.05, 3.63) is 11.6 Å². The van der Waals surface area contributed by atoms with Crippen molar-refractivity contribution in [2.24, 2.45) is 45.6 Å². The number of carbonyl (C=O) groups excluding carboxylic acids is 2. The summed E-state index contributed by atoms with van der Waals surface area (Å²) in [7, 11) is 0. The number of nitrogens with zero attached hydrogens (tertiary/aromatic N) is 1. The molecule has 4 rings (SSSR count). The third-order valence-corrected chi connectivity index (χ3v) is 10.6. The van der Waals surface area contributed by atoms with Gasteiger partial charge in [-0.25, -0.2) is 4.79 Å². The number of allylic oxidation sites excluding steroid dienone is 2. The molecule has 200 valence electrons. The van der Waals surface area contributed by atoms with Gasteiger partial charge in [0.25, 0.3) is 5.91 Å². The SMILES string of the molecule is CCC(C)C(NC(=O)CON=C1C=C2CC[C@@H]3[C@H](CC[C@]4(C)C(C(C)=O)CC[C@@H]34)[C@@]2(C)CC1)C(=O)O. The van der Waals surface area contributed by atoms with Crippen LogP contribution in [0.1, 0.15) is 92.4 Å². The van der Waals surface area contributed by atoms with Crippen LogP contribution in [0, 0.1) is 40.4 Å². The summed E-state index contributed by atoms with van der Waals surface area (Å²) in [5, 5.41) is 16.2. The molecule has 2 N–H and O–H groups in total. The third-order valence-electron chi connectivity index (χ3n) is 10.6. The maximum absolute atomic E-state index is 12.4. The zero-order valence-electron chi connectivity index (χ0n) is 22.6. The monoisotopic (exact) mass is 500 g/mol. The summed E-state index contributed by atoms with van der Waals surface area (Å²) in [5.74, 6) is 0.967. The lowest BCUT2D eigenvalue weighted by Crippen LogP contribution is -2.51. The largest absolute Gasteiger partial charge is 0.480 e. The number of carbonyl (C=O) groups is 3. The summed E-state index contributed by atoms with van der Waals surface area (Å²) in [6, 6.07) is -0.922. The number of oxime groups is 1. The molecule has 3 unspecified atom stereocenters. The zero-order chi connectivity index (χ0) is 26.3. The molecule has 7 nitrogen and oxygen atoms in total. The summed E-state index contributed by atoms with van der Waals surface area (Å²) < 4.78 is 0. The Hall–Kier alpha value is -2.18. The van der Waals surface area contributed by atoms with Gasteiger partial charge in [-0.05, 0) is 98.9 Å². The smallest absolute Gasteiger partial charge is 0.326 e.